The fourth-order valence-electron chi connectivity index (χ4n) is 1.84. The Labute approximate surface area is 79.0 Å². The number of nitriles is 1. The molecule has 0 saturated heterocycles. The molecule has 66 valence electrons. The van der Waals surface area contributed by atoms with Gasteiger partial charge in [-0.2, -0.15) is 5.26 Å². The second kappa shape index (κ2) is 2.60. The highest BCUT2D eigenvalue weighted by molar-refractivity contribution is 5.42. The minimum Gasteiger partial charge on any atom is -0.197 e. The molecule has 1 aliphatic carbocycles. The first-order valence-corrected chi connectivity index (χ1v) is 4.66. The zero-order valence-electron chi connectivity index (χ0n) is 8.09. The van der Waals surface area contributed by atoms with Gasteiger partial charge in [-0.3, -0.25) is 0 Å². The first kappa shape index (κ1) is 8.31. The molecule has 0 unspecified atom stereocenters. The van der Waals surface area contributed by atoms with E-state index in [1.807, 2.05) is 0 Å². The summed E-state index contributed by atoms with van der Waals surface area (Å²) in [6.45, 7) is 4.17. The maximum atomic E-state index is 9.04. The molecule has 1 heteroatoms. The molecule has 0 atom stereocenters. The molecule has 1 nitrogen and oxygen atoms in total. The Morgan fingerprint density at radius 3 is 2.08 bits per heavy atom. The van der Waals surface area contributed by atoms with Crippen molar-refractivity contribution in [2.45, 2.75) is 32.1 Å². The molecule has 0 amide bonds. The van der Waals surface area contributed by atoms with Gasteiger partial charge in [0, 0.05) is 0 Å². The number of aryl methyl sites for hydroxylation is 2. The van der Waals surface area contributed by atoms with E-state index in [0.29, 0.717) is 0 Å². The summed E-state index contributed by atoms with van der Waals surface area (Å²) in [5, 5.41) is 9.04. The lowest BCUT2D eigenvalue weighted by atomic mass is 9.94. The second-order valence-electron chi connectivity index (χ2n) is 4.07. The predicted octanol–water partition coefficient (Wildman–Crippen LogP) is 2.86. The number of nitrogens with zero attached hydrogens (tertiary/aromatic N) is 1. The van der Waals surface area contributed by atoms with Crippen LogP contribution in [0.5, 0.6) is 0 Å². The van der Waals surface area contributed by atoms with Crippen molar-refractivity contribution in [2.75, 3.05) is 0 Å². The molecule has 0 aliphatic heterocycles. The van der Waals surface area contributed by atoms with Crippen LogP contribution in [0.3, 0.4) is 0 Å². The van der Waals surface area contributed by atoms with E-state index in [4.69, 9.17) is 5.26 Å². The Morgan fingerprint density at radius 1 is 1.15 bits per heavy atom. The fourth-order valence-corrected chi connectivity index (χ4v) is 1.84. The normalized spacial score (nSPS) is 17.9. The Hall–Kier alpha value is -1.29. The molecule has 0 heterocycles. The third kappa shape index (κ3) is 1.33. The average molecular weight is 171 g/mol. The monoisotopic (exact) mass is 171 g/mol. The van der Waals surface area contributed by atoms with E-state index in [2.05, 4.69) is 38.1 Å². The third-order valence-electron chi connectivity index (χ3n) is 2.74. The summed E-state index contributed by atoms with van der Waals surface area (Å²) >= 11 is 0. The van der Waals surface area contributed by atoms with Gasteiger partial charge in [-0.1, -0.05) is 29.3 Å². The van der Waals surface area contributed by atoms with Crippen molar-refractivity contribution in [3.8, 4) is 6.07 Å². The zero-order valence-corrected chi connectivity index (χ0v) is 8.09. The van der Waals surface area contributed by atoms with Crippen molar-refractivity contribution in [2.24, 2.45) is 0 Å². The van der Waals surface area contributed by atoms with Crippen LogP contribution in [-0.4, -0.2) is 0 Å². The van der Waals surface area contributed by atoms with E-state index in [-0.39, 0.29) is 5.41 Å². The summed E-state index contributed by atoms with van der Waals surface area (Å²) in [7, 11) is 0. The summed E-state index contributed by atoms with van der Waals surface area (Å²) in [4.78, 5) is 0. The standard InChI is InChI=1S/C12H13N/c1-9-5-10(2)7-11(6-9)12(8-13)3-4-12/h5-7H,3-4H2,1-2H3. The topological polar surface area (TPSA) is 23.8 Å². The van der Waals surface area contributed by atoms with E-state index >= 15 is 0 Å². The number of hydrogen-bond donors (Lipinski definition) is 0. The Kier molecular flexibility index (Phi) is 1.66. The van der Waals surface area contributed by atoms with Crippen LogP contribution in [-0.2, 0) is 5.41 Å². The first-order valence-electron chi connectivity index (χ1n) is 4.66. The van der Waals surface area contributed by atoms with Crippen molar-refractivity contribution in [3.05, 3.63) is 34.9 Å². The van der Waals surface area contributed by atoms with Gasteiger partial charge in [-0.15, -0.1) is 0 Å². The minimum absolute atomic E-state index is 0.128. The smallest absolute Gasteiger partial charge is 0.0824 e. The van der Waals surface area contributed by atoms with E-state index in [1.54, 1.807) is 0 Å². The Bertz CT molecular complexity index is 360. The van der Waals surface area contributed by atoms with Crippen molar-refractivity contribution < 1.29 is 0 Å². The molecule has 13 heavy (non-hydrogen) atoms. The highest BCUT2D eigenvalue weighted by Gasteiger charge is 2.44. The molecular weight excluding hydrogens is 158 g/mol. The fraction of sp³-hybridized carbons (Fsp3) is 0.417. The molecule has 0 radical (unpaired) electrons. The maximum Gasteiger partial charge on any atom is 0.0824 e. The summed E-state index contributed by atoms with van der Waals surface area (Å²) in [5.74, 6) is 0. The van der Waals surface area contributed by atoms with E-state index in [0.717, 1.165) is 12.8 Å². The molecule has 0 spiro atoms. The van der Waals surface area contributed by atoms with Gasteiger partial charge >= 0.3 is 0 Å². The van der Waals surface area contributed by atoms with Gasteiger partial charge in [-0.25, -0.2) is 0 Å². The number of rotatable bonds is 1. The molecular formula is C12H13N. The van der Waals surface area contributed by atoms with Crippen molar-refractivity contribution >= 4 is 0 Å². The van der Waals surface area contributed by atoms with Crippen LogP contribution in [0.15, 0.2) is 18.2 Å². The summed E-state index contributed by atoms with van der Waals surface area (Å²) in [6.07, 6.45) is 2.07. The average Bonchev–Trinajstić information content (AvgIpc) is 2.82. The van der Waals surface area contributed by atoms with Crippen molar-refractivity contribution in [1.29, 1.82) is 5.26 Å². The van der Waals surface area contributed by atoms with E-state index < -0.39 is 0 Å². The lowest BCUT2D eigenvalue weighted by molar-refractivity contribution is 0.903. The lowest BCUT2D eigenvalue weighted by Crippen LogP contribution is -2.03. The van der Waals surface area contributed by atoms with E-state index in [1.165, 1.54) is 16.7 Å². The molecule has 1 aromatic rings. The van der Waals surface area contributed by atoms with Crippen LogP contribution in [0.1, 0.15) is 29.5 Å². The van der Waals surface area contributed by atoms with Gasteiger partial charge in [0.15, 0.2) is 0 Å². The van der Waals surface area contributed by atoms with E-state index in [9.17, 15) is 0 Å². The molecule has 0 aromatic heterocycles. The summed E-state index contributed by atoms with van der Waals surface area (Å²) in [5.41, 5.74) is 3.61. The minimum atomic E-state index is -0.128. The molecule has 0 N–H and O–H groups in total. The molecule has 0 bridgehead atoms. The number of hydrogen-bond acceptors (Lipinski definition) is 1. The van der Waals surface area contributed by atoms with Crippen LogP contribution < -0.4 is 0 Å². The molecule has 1 aromatic carbocycles. The molecule has 1 saturated carbocycles. The molecule has 1 aliphatic rings. The van der Waals surface area contributed by atoms with Crippen LogP contribution in [0, 0.1) is 25.2 Å². The van der Waals surface area contributed by atoms with Crippen LogP contribution >= 0.6 is 0 Å². The molecule has 2 rings (SSSR count). The molecule has 1 fully saturated rings. The highest BCUT2D eigenvalue weighted by Crippen LogP contribution is 2.47. The third-order valence-corrected chi connectivity index (χ3v) is 2.74. The Balaban J connectivity index is 2.48. The van der Waals surface area contributed by atoms with Crippen LogP contribution in [0.4, 0.5) is 0 Å². The second-order valence-corrected chi connectivity index (χ2v) is 4.07. The first-order chi connectivity index (χ1) is 6.16. The Morgan fingerprint density at radius 2 is 1.69 bits per heavy atom. The number of benzene rings is 1. The van der Waals surface area contributed by atoms with Crippen molar-refractivity contribution in [1.82, 2.24) is 0 Å². The lowest BCUT2D eigenvalue weighted by Gasteiger charge is -2.08. The summed E-state index contributed by atoms with van der Waals surface area (Å²) < 4.78 is 0. The van der Waals surface area contributed by atoms with Crippen LogP contribution in [0.2, 0.25) is 0 Å². The SMILES string of the molecule is Cc1cc(C)cc(C2(C#N)CC2)c1. The maximum absolute atomic E-state index is 9.04. The van der Waals surface area contributed by atoms with Gasteiger partial charge in [0.2, 0.25) is 0 Å². The largest absolute Gasteiger partial charge is 0.197 e. The van der Waals surface area contributed by atoms with Crippen molar-refractivity contribution in [3.63, 3.8) is 0 Å². The predicted molar refractivity (Wildman–Crippen MR) is 52.4 cm³/mol. The quantitative estimate of drug-likeness (QED) is 0.637. The van der Waals surface area contributed by atoms with Crippen LogP contribution in [0.25, 0.3) is 0 Å². The zero-order chi connectivity index (χ0) is 9.47. The van der Waals surface area contributed by atoms with Gasteiger partial charge in [-0.05, 0) is 32.3 Å². The highest BCUT2D eigenvalue weighted by atomic mass is 14.5. The van der Waals surface area contributed by atoms with Gasteiger partial charge in [0.25, 0.3) is 0 Å². The van der Waals surface area contributed by atoms with Gasteiger partial charge in [0.1, 0.15) is 0 Å². The summed E-state index contributed by atoms with van der Waals surface area (Å²) in [6, 6.07) is 8.86. The van der Waals surface area contributed by atoms with Gasteiger partial charge < -0.3 is 0 Å². The van der Waals surface area contributed by atoms with Gasteiger partial charge in [0.05, 0.1) is 11.5 Å².